The van der Waals surface area contributed by atoms with Crippen molar-refractivity contribution in [2.45, 2.75) is 31.5 Å². The van der Waals surface area contributed by atoms with Crippen molar-refractivity contribution in [1.82, 2.24) is 4.57 Å². The van der Waals surface area contributed by atoms with Gasteiger partial charge in [-0.3, -0.25) is 4.79 Å². The smallest absolute Gasteiger partial charge is 0.422 e. The number of nitrogens with two attached hydrogens (primary N) is 1. The number of aliphatic carboxylic acids is 1. The highest BCUT2D eigenvalue weighted by atomic mass is 35.5. The molecule has 1 aromatic heterocycles. The van der Waals surface area contributed by atoms with Gasteiger partial charge in [-0.25, -0.2) is 9.79 Å². The van der Waals surface area contributed by atoms with Crippen molar-refractivity contribution >= 4 is 23.6 Å². The largest absolute Gasteiger partial charge is 0.478 e. The summed E-state index contributed by atoms with van der Waals surface area (Å²) in [5, 5.41) is 19.7. The van der Waals surface area contributed by atoms with Crippen LogP contribution in [0.25, 0.3) is 0 Å². The molecule has 0 aliphatic carbocycles. The summed E-state index contributed by atoms with van der Waals surface area (Å²) < 4.78 is 48.9. The maximum Gasteiger partial charge on any atom is 0.422 e. The molecule has 0 aliphatic rings. The lowest BCUT2D eigenvalue weighted by Crippen LogP contribution is -2.47. The topological polar surface area (TPSA) is 127 Å². The number of aliphatic imine (C=N–C) groups is 1. The molecule has 0 fully saturated rings. The fourth-order valence-electron chi connectivity index (χ4n) is 3.37. The van der Waals surface area contributed by atoms with Gasteiger partial charge in [0.05, 0.1) is 5.57 Å². The van der Waals surface area contributed by atoms with E-state index in [4.69, 9.17) is 27.2 Å². The van der Waals surface area contributed by atoms with Gasteiger partial charge < -0.3 is 25.3 Å². The monoisotopic (exact) mass is 513 g/mol. The minimum atomic E-state index is -5.12. The third-order valence-corrected chi connectivity index (χ3v) is 5.65. The molecule has 0 saturated heterocycles. The summed E-state index contributed by atoms with van der Waals surface area (Å²) >= 11 is 6.23. The number of aliphatic hydroxyl groups is 1. The van der Waals surface area contributed by atoms with E-state index in [-0.39, 0.29) is 27.5 Å². The summed E-state index contributed by atoms with van der Waals surface area (Å²) in [6, 6.07) is 4.20. The predicted octanol–water partition coefficient (Wildman–Crippen LogP) is 3.75. The number of aryl methyl sites for hydroxylation is 2. The molecule has 4 N–H and O–H groups in total. The van der Waals surface area contributed by atoms with Crippen molar-refractivity contribution in [3.05, 3.63) is 87.0 Å². The lowest BCUT2D eigenvalue weighted by Gasteiger charge is -2.37. The van der Waals surface area contributed by atoms with Gasteiger partial charge in [-0.15, -0.1) is 0 Å². The minimum Gasteiger partial charge on any atom is -0.478 e. The van der Waals surface area contributed by atoms with Gasteiger partial charge in [0.2, 0.25) is 0 Å². The second-order valence-corrected chi connectivity index (χ2v) is 8.07. The van der Waals surface area contributed by atoms with E-state index in [1.807, 2.05) is 0 Å². The first kappa shape index (κ1) is 27.7. The van der Waals surface area contributed by atoms with Gasteiger partial charge in [0.1, 0.15) is 5.75 Å². The van der Waals surface area contributed by atoms with Crippen LogP contribution in [0.4, 0.5) is 13.2 Å². The minimum absolute atomic E-state index is 0.00424. The number of hydrogen-bond donors (Lipinski definition) is 3. The summed E-state index contributed by atoms with van der Waals surface area (Å²) in [6.45, 7) is 5.82. The van der Waals surface area contributed by atoms with Crippen LogP contribution in [-0.4, -0.2) is 32.9 Å². The van der Waals surface area contributed by atoms with E-state index in [2.05, 4.69) is 11.6 Å². The van der Waals surface area contributed by atoms with Crippen molar-refractivity contribution in [3.63, 3.8) is 0 Å². The Bertz CT molecular complexity index is 1240. The van der Waals surface area contributed by atoms with Crippen LogP contribution in [0.15, 0.2) is 64.7 Å². The Morgan fingerprint density at radius 1 is 1.34 bits per heavy atom. The number of ether oxygens (including phenoxy) is 1. The Balaban J connectivity index is 2.47. The number of alkyl halides is 3. The van der Waals surface area contributed by atoms with Crippen LogP contribution < -0.4 is 16.0 Å². The zero-order valence-corrected chi connectivity index (χ0v) is 19.7. The molecule has 0 unspecified atom stereocenters. The van der Waals surface area contributed by atoms with Crippen LogP contribution in [0.3, 0.4) is 0 Å². The molecule has 1 heterocycles. The molecule has 35 heavy (non-hydrogen) atoms. The molecule has 1 aromatic carbocycles. The maximum absolute atomic E-state index is 14.2. The van der Waals surface area contributed by atoms with Crippen molar-refractivity contribution in [2.75, 3.05) is 0 Å². The first-order chi connectivity index (χ1) is 16.1. The Labute approximate surface area is 203 Å². The normalized spacial score (nSPS) is 15.3. The molecule has 0 bridgehead atoms. The molecular formula is C23H23ClF3N3O5. The number of pyridine rings is 1. The average molecular weight is 514 g/mol. The Kier molecular flexibility index (Phi) is 8.19. The van der Waals surface area contributed by atoms with E-state index in [0.717, 1.165) is 36.0 Å². The number of benzene rings is 1. The number of carboxylic acids is 1. The summed E-state index contributed by atoms with van der Waals surface area (Å²) in [5.41, 5.74) is 0.925. The molecule has 2 aromatic rings. The first-order valence-electron chi connectivity index (χ1n) is 9.96. The fourth-order valence-corrected chi connectivity index (χ4v) is 3.70. The molecule has 8 nitrogen and oxygen atoms in total. The van der Waals surface area contributed by atoms with Gasteiger partial charge in [-0.05, 0) is 30.7 Å². The lowest BCUT2D eigenvalue weighted by atomic mass is 9.78. The summed E-state index contributed by atoms with van der Waals surface area (Å²) in [6.07, 6.45) is -2.24. The third kappa shape index (κ3) is 5.75. The predicted molar refractivity (Wildman–Crippen MR) is 124 cm³/mol. The first-order valence-corrected chi connectivity index (χ1v) is 10.3. The highest BCUT2D eigenvalue weighted by molar-refractivity contribution is 6.31. The molecule has 0 amide bonds. The van der Waals surface area contributed by atoms with Gasteiger partial charge >= 0.3 is 12.1 Å². The third-order valence-electron chi connectivity index (χ3n) is 5.32. The number of rotatable bonds is 7. The molecule has 0 radical (unpaired) electrons. The van der Waals surface area contributed by atoms with Crippen molar-refractivity contribution in [3.8, 4) is 5.75 Å². The molecule has 2 atom stereocenters. The van der Waals surface area contributed by atoms with Crippen LogP contribution in [0.1, 0.15) is 29.5 Å². The Hall–Kier alpha value is -3.57. The van der Waals surface area contributed by atoms with E-state index in [1.165, 1.54) is 32.2 Å². The number of aromatic nitrogens is 1. The molecule has 0 spiro atoms. The molecule has 2 rings (SSSR count). The number of nitrogens with zero attached hydrogens (tertiary/aromatic N) is 2. The molecule has 12 heteroatoms. The van der Waals surface area contributed by atoms with E-state index in [0.29, 0.717) is 0 Å². The second kappa shape index (κ2) is 10.4. The SMILES string of the molecule is C=C/C(=C\N=C(N)Oc1ccc([C@H](C)[C@](O)(c2cc(C)c(=O)n(C)c2)C(F)(F)F)c(Cl)c1)C(=O)O. The Morgan fingerprint density at radius 3 is 2.46 bits per heavy atom. The highest BCUT2D eigenvalue weighted by Gasteiger charge is 2.59. The van der Waals surface area contributed by atoms with Gasteiger partial charge in [-0.1, -0.05) is 37.2 Å². The number of amidine groups is 1. The van der Waals surface area contributed by atoms with Gasteiger partial charge in [0.25, 0.3) is 11.6 Å². The number of carbonyl (C=O) groups is 1. The van der Waals surface area contributed by atoms with Crippen molar-refractivity contribution < 1.29 is 32.9 Å². The fraction of sp³-hybridized carbons (Fsp3) is 0.261. The van der Waals surface area contributed by atoms with Crippen LogP contribution in [0.2, 0.25) is 5.02 Å². The summed E-state index contributed by atoms with van der Waals surface area (Å²) in [7, 11) is 1.29. The molecule has 188 valence electrons. The standard InChI is InChI=1S/C23H23ClF3N3O5/c1-5-14(20(32)33)10-29-21(28)35-16-6-7-17(18(24)9-16)13(3)22(34,23(25,26)27)15-8-12(2)19(31)30(4)11-15/h5-11,13,34H,1H2,2-4H3,(H2,28,29)(H,32,33)/b14-10+/t13-,22-/m0/s1. The highest BCUT2D eigenvalue weighted by Crippen LogP contribution is 2.49. The molecule has 0 aliphatic heterocycles. The number of halogens is 4. The van der Waals surface area contributed by atoms with Crippen LogP contribution in [0, 0.1) is 6.92 Å². The van der Waals surface area contributed by atoms with Crippen molar-refractivity contribution in [1.29, 1.82) is 0 Å². The van der Waals surface area contributed by atoms with Gasteiger partial charge in [-0.2, -0.15) is 13.2 Å². The van der Waals surface area contributed by atoms with Crippen LogP contribution in [-0.2, 0) is 17.4 Å². The summed E-state index contributed by atoms with van der Waals surface area (Å²) in [4.78, 5) is 26.5. The lowest BCUT2D eigenvalue weighted by molar-refractivity contribution is -0.274. The average Bonchev–Trinajstić information content (AvgIpc) is 2.75. The molecular weight excluding hydrogens is 491 g/mol. The number of carboxylic acid groups (broad SMARTS) is 1. The van der Waals surface area contributed by atoms with E-state index >= 15 is 0 Å². The van der Waals surface area contributed by atoms with Gasteiger partial charge in [0, 0.05) is 41.5 Å². The zero-order chi connectivity index (χ0) is 26.7. The van der Waals surface area contributed by atoms with E-state index < -0.39 is 40.8 Å². The van der Waals surface area contributed by atoms with E-state index in [9.17, 15) is 27.9 Å². The van der Waals surface area contributed by atoms with Gasteiger partial charge in [0.15, 0.2) is 5.60 Å². The van der Waals surface area contributed by atoms with Crippen LogP contribution >= 0.6 is 11.6 Å². The second-order valence-electron chi connectivity index (χ2n) is 7.66. The Morgan fingerprint density at radius 2 is 1.97 bits per heavy atom. The quantitative estimate of drug-likeness (QED) is 0.224. The molecule has 0 saturated carbocycles. The van der Waals surface area contributed by atoms with Crippen LogP contribution in [0.5, 0.6) is 5.75 Å². The maximum atomic E-state index is 14.2. The zero-order valence-electron chi connectivity index (χ0n) is 18.9. The summed E-state index contributed by atoms with van der Waals surface area (Å²) in [5.74, 6) is -2.88. The number of hydrogen-bond acceptors (Lipinski definition) is 5. The van der Waals surface area contributed by atoms with E-state index in [1.54, 1.807) is 0 Å². The van der Waals surface area contributed by atoms with Crippen molar-refractivity contribution in [2.24, 2.45) is 17.8 Å².